The highest BCUT2D eigenvalue weighted by Crippen LogP contribution is 2.47. The van der Waals surface area contributed by atoms with Crippen LogP contribution in [-0.4, -0.2) is 24.1 Å². The van der Waals surface area contributed by atoms with E-state index in [9.17, 15) is 0 Å². The number of allylic oxidation sites excluding steroid dienone is 1. The molecular weight excluding hydrogens is 795 g/mol. The van der Waals surface area contributed by atoms with E-state index in [0.29, 0.717) is 23.9 Å². The number of furan rings is 1. The monoisotopic (exact) mass is 831 g/mol. The first-order chi connectivity index (χ1) is 32.2. The second kappa shape index (κ2) is 13.9. The fraction of sp³-hybridized carbons (Fsp3) is 0.0339. The van der Waals surface area contributed by atoms with Gasteiger partial charge in [0, 0.05) is 49.3 Å². The van der Waals surface area contributed by atoms with Gasteiger partial charge in [0.15, 0.2) is 17.4 Å². The van der Waals surface area contributed by atoms with E-state index in [1.807, 2.05) is 6.07 Å². The molecule has 0 fully saturated rings. The molecule has 65 heavy (non-hydrogen) atoms. The summed E-state index contributed by atoms with van der Waals surface area (Å²) in [5.41, 5.74) is 10.5. The van der Waals surface area contributed by atoms with Crippen molar-refractivity contribution in [1.29, 1.82) is 0 Å². The molecule has 1 unspecified atom stereocenters. The number of aromatic nitrogens is 5. The molecule has 6 nitrogen and oxygen atoms in total. The lowest BCUT2D eigenvalue weighted by Crippen LogP contribution is -2.15. The van der Waals surface area contributed by atoms with Crippen molar-refractivity contribution < 1.29 is 4.42 Å². The summed E-state index contributed by atoms with van der Waals surface area (Å²) in [6.07, 6.45) is 3.00. The van der Waals surface area contributed by atoms with Crippen LogP contribution in [-0.2, 0) is 0 Å². The molecule has 304 valence electrons. The number of hydrogen-bond acceptors (Lipinski definition) is 4. The van der Waals surface area contributed by atoms with E-state index in [4.69, 9.17) is 19.4 Å². The predicted octanol–water partition coefficient (Wildman–Crippen LogP) is 14.9. The molecule has 4 aromatic heterocycles. The van der Waals surface area contributed by atoms with Crippen molar-refractivity contribution >= 4 is 81.8 Å². The van der Waals surface area contributed by atoms with Gasteiger partial charge in [0.05, 0.1) is 33.7 Å². The second-order valence-electron chi connectivity index (χ2n) is 17.1. The fourth-order valence-electron chi connectivity index (χ4n) is 10.6. The zero-order valence-corrected chi connectivity index (χ0v) is 35.1. The lowest BCUT2D eigenvalue weighted by molar-refractivity contribution is 0.575. The maximum Gasteiger partial charge on any atom is 0.164 e. The van der Waals surface area contributed by atoms with Gasteiger partial charge in [-0.2, -0.15) is 0 Å². The molecule has 0 saturated carbocycles. The summed E-state index contributed by atoms with van der Waals surface area (Å²) in [4.78, 5) is 16.3. The van der Waals surface area contributed by atoms with Gasteiger partial charge in [0.25, 0.3) is 0 Å². The highest BCUT2D eigenvalue weighted by molar-refractivity contribution is 6.15. The number of para-hydroxylation sites is 4. The Hall–Kier alpha value is -8.61. The average molecular weight is 832 g/mol. The normalized spacial score (nSPS) is 14.0. The SMILES string of the molecule is C1=C(n2c3ccccc3c3cc4ccccc4cc32)c2oc3ccccc3c2C(c2nc(-c3ccc4c5ccccc5n(-c5ccccc5)c4c3)nc(-c3cccc4ccccc34)n2)C1. The minimum atomic E-state index is -0.221. The molecule has 1 atom stereocenters. The fourth-order valence-corrected chi connectivity index (χ4v) is 10.6. The third-order valence-electron chi connectivity index (χ3n) is 13.5. The summed E-state index contributed by atoms with van der Waals surface area (Å²) in [5, 5.41) is 10.5. The maximum atomic E-state index is 7.02. The van der Waals surface area contributed by atoms with Crippen molar-refractivity contribution in [2.75, 3.05) is 0 Å². The van der Waals surface area contributed by atoms with Crippen LogP contribution >= 0.6 is 0 Å². The highest BCUT2D eigenvalue weighted by Gasteiger charge is 2.34. The molecular formula is C59H37N5O. The molecule has 0 radical (unpaired) electrons. The molecule has 14 rings (SSSR count). The third-order valence-corrected chi connectivity index (χ3v) is 13.5. The molecule has 1 aliphatic carbocycles. The summed E-state index contributed by atoms with van der Waals surface area (Å²) >= 11 is 0. The van der Waals surface area contributed by atoms with Gasteiger partial charge < -0.3 is 13.6 Å². The van der Waals surface area contributed by atoms with Crippen LogP contribution in [0.1, 0.15) is 29.5 Å². The Morgan fingerprint density at radius 1 is 0.431 bits per heavy atom. The molecule has 0 N–H and O–H groups in total. The lowest BCUT2D eigenvalue weighted by Gasteiger charge is -2.23. The van der Waals surface area contributed by atoms with Crippen molar-refractivity contribution in [2.45, 2.75) is 12.3 Å². The maximum absolute atomic E-state index is 7.02. The quantitative estimate of drug-likeness (QED) is 0.173. The first-order valence-electron chi connectivity index (χ1n) is 22.2. The van der Waals surface area contributed by atoms with Crippen LogP contribution in [0.3, 0.4) is 0 Å². The van der Waals surface area contributed by atoms with Crippen molar-refractivity contribution in [3.8, 4) is 28.5 Å². The number of benzene rings is 9. The van der Waals surface area contributed by atoms with Crippen molar-refractivity contribution in [2.24, 2.45) is 0 Å². The molecule has 0 saturated heterocycles. The third kappa shape index (κ3) is 5.44. The van der Waals surface area contributed by atoms with Crippen LogP contribution in [0.2, 0.25) is 0 Å². The predicted molar refractivity (Wildman–Crippen MR) is 266 cm³/mol. The molecule has 9 aromatic carbocycles. The van der Waals surface area contributed by atoms with Gasteiger partial charge in [-0.1, -0.05) is 158 Å². The summed E-state index contributed by atoms with van der Waals surface area (Å²) in [7, 11) is 0. The molecule has 1 aliphatic rings. The summed E-state index contributed by atoms with van der Waals surface area (Å²) in [6.45, 7) is 0. The van der Waals surface area contributed by atoms with E-state index in [2.05, 4.69) is 209 Å². The van der Waals surface area contributed by atoms with Crippen LogP contribution in [0.15, 0.2) is 211 Å². The van der Waals surface area contributed by atoms with Crippen molar-refractivity contribution in [3.05, 3.63) is 223 Å². The van der Waals surface area contributed by atoms with Gasteiger partial charge in [-0.15, -0.1) is 0 Å². The van der Waals surface area contributed by atoms with Gasteiger partial charge in [-0.05, 0) is 76.5 Å². The van der Waals surface area contributed by atoms with E-state index >= 15 is 0 Å². The Morgan fingerprint density at radius 3 is 1.88 bits per heavy atom. The van der Waals surface area contributed by atoms with Gasteiger partial charge in [0.1, 0.15) is 11.4 Å². The standard InChI is InChI=1S/C59H37N5O/c1-2-19-40(20-3-1)63-49-26-11-8-22-42(49)44-30-29-39(35-52(44)63)57-60-58(45-25-14-18-36-15-6-7-21-41(36)45)62-59(61-57)47-31-32-51(56-55(47)46-24-10-13-28-54(46)65-56)64-50-27-12-9-23-43(50)48-33-37-16-4-5-17-38(37)34-53(48)64/h1-30,32-35,47H,31H2. The second-order valence-corrected chi connectivity index (χ2v) is 17.1. The Balaban J connectivity index is 1.01. The van der Waals surface area contributed by atoms with E-state index in [1.54, 1.807) is 0 Å². The summed E-state index contributed by atoms with van der Waals surface area (Å²) in [6, 6.07) is 71.0. The Morgan fingerprint density at radius 2 is 1.05 bits per heavy atom. The van der Waals surface area contributed by atoms with Gasteiger partial charge in [0.2, 0.25) is 0 Å². The Labute approximate surface area is 373 Å². The van der Waals surface area contributed by atoms with Crippen LogP contribution in [0, 0.1) is 0 Å². The minimum Gasteiger partial charge on any atom is -0.454 e. The van der Waals surface area contributed by atoms with Crippen LogP contribution in [0.4, 0.5) is 0 Å². The molecule has 0 spiro atoms. The Bertz CT molecular complexity index is 4110. The molecule has 0 amide bonds. The zero-order valence-electron chi connectivity index (χ0n) is 35.1. The largest absolute Gasteiger partial charge is 0.454 e. The lowest BCUT2D eigenvalue weighted by atomic mass is 9.86. The van der Waals surface area contributed by atoms with E-state index in [1.165, 1.54) is 32.3 Å². The number of nitrogens with zero attached hydrogens (tertiary/aromatic N) is 5. The smallest absolute Gasteiger partial charge is 0.164 e. The molecule has 6 heteroatoms. The van der Waals surface area contributed by atoms with E-state index < -0.39 is 0 Å². The van der Waals surface area contributed by atoms with Crippen molar-refractivity contribution in [1.82, 2.24) is 24.1 Å². The van der Waals surface area contributed by atoms with Crippen LogP contribution in [0.25, 0.3) is 110 Å². The summed E-state index contributed by atoms with van der Waals surface area (Å²) < 4.78 is 11.8. The Kier molecular flexibility index (Phi) is 7.71. The van der Waals surface area contributed by atoms with E-state index in [-0.39, 0.29) is 5.92 Å². The minimum absolute atomic E-state index is 0.221. The van der Waals surface area contributed by atoms with Gasteiger partial charge in [-0.3, -0.25) is 0 Å². The van der Waals surface area contributed by atoms with Gasteiger partial charge >= 0.3 is 0 Å². The topological polar surface area (TPSA) is 61.7 Å². The highest BCUT2D eigenvalue weighted by atomic mass is 16.3. The number of rotatable bonds is 5. The number of fused-ring (bicyclic) bond motifs is 11. The van der Waals surface area contributed by atoms with Crippen molar-refractivity contribution in [3.63, 3.8) is 0 Å². The first-order valence-corrected chi connectivity index (χ1v) is 22.2. The number of hydrogen-bond donors (Lipinski definition) is 0. The summed E-state index contributed by atoms with van der Waals surface area (Å²) in [5.74, 6) is 2.59. The van der Waals surface area contributed by atoms with Crippen LogP contribution < -0.4 is 0 Å². The zero-order chi connectivity index (χ0) is 42.6. The van der Waals surface area contributed by atoms with Gasteiger partial charge in [-0.25, -0.2) is 15.0 Å². The molecule has 0 aliphatic heterocycles. The van der Waals surface area contributed by atoms with Crippen LogP contribution in [0.5, 0.6) is 0 Å². The molecule has 4 heterocycles. The molecule has 0 bridgehead atoms. The average Bonchev–Trinajstić information content (AvgIpc) is 4.03. The first kappa shape index (κ1) is 35.9. The molecule has 13 aromatic rings. The van der Waals surface area contributed by atoms with E-state index in [0.717, 1.165) is 77.6 Å².